The van der Waals surface area contributed by atoms with Crippen LogP contribution in [0.1, 0.15) is 36.6 Å². The molecule has 29 heavy (non-hydrogen) atoms. The fourth-order valence-electron chi connectivity index (χ4n) is 3.70. The Kier molecular flexibility index (Phi) is 6.72. The Morgan fingerprint density at radius 1 is 1.07 bits per heavy atom. The summed E-state index contributed by atoms with van der Waals surface area (Å²) in [5.74, 6) is 1.02. The number of carbonyl (C=O) groups excluding carboxylic acids is 2. The van der Waals surface area contributed by atoms with E-state index in [1.165, 1.54) is 5.56 Å². The predicted molar refractivity (Wildman–Crippen MR) is 110 cm³/mol. The third-order valence-electron chi connectivity index (χ3n) is 4.88. The summed E-state index contributed by atoms with van der Waals surface area (Å²) < 4.78 is 11.5. The van der Waals surface area contributed by atoms with Crippen molar-refractivity contribution >= 4 is 11.9 Å². The maximum absolute atomic E-state index is 12.8. The maximum atomic E-state index is 12.8. The normalized spacial score (nSPS) is 14.6. The van der Waals surface area contributed by atoms with Crippen LogP contribution in [0, 0.1) is 0 Å². The lowest BCUT2D eigenvalue weighted by Gasteiger charge is -2.35. The number of benzene rings is 2. The Labute approximate surface area is 170 Å². The van der Waals surface area contributed by atoms with Crippen molar-refractivity contribution < 1.29 is 19.1 Å². The zero-order valence-corrected chi connectivity index (χ0v) is 16.8. The van der Waals surface area contributed by atoms with E-state index < -0.39 is 18.0 Å². The molecule has 154 valence electrons. The minimum Gasteiger partial charge on any atom is -0.490 e. The first-order valence-corrected chi connectivity index (χ1v) is 9.84. The van der Waals surface area contributed by atoms with E-state index >= 15 is 0 Å². The number of primary amides is 1. The number of imide groups is 1. The van der Waals surface area contributed by atoms with Gasteiger partial charge in [-0.3, -0.25) is 15.0 Å². The van der Waals surface area contributed by atoms with Crippen LogP contribution in [-0.2, 0) is 17.8 Å². The molecule has 2 aromatic rings. The molecule has 0 saturated carbocycles. The monoisotopic (exact) mass is 397 g/mol. The van der Waals surface area contributed by atoms with Gasteiger partial charge in [-0.25, -0.2) is 4.79 Å². The van der Waals surface area contributed by atoms with Crippen LogP contribution < -0.4 is 20.5 Å². The standard InChI is InChI=1S/C22H27N3O4/c1-3-28-18-12-16-10-11-25(14-17(16)13-19(18)29-4-2)20(21(26)24-22(23)27)15-8-6-5-7-9-15/h5-9,12-13,20H,3-4,10-11,14H2,1-2H3,(H3,23,24,26,27)/t20-/m0/s1. The minimum absolute atomic E-state index is 0.428. The van der Waals surface area contributed by atoms with E-state index in [1.807, 2.05) is 61.2 Å². The number of carbonyl (C=O) groups is 2. The molecule has 0 radical (unpaired) electrons. The van der Waals surface area contributed by atoms with Crippen molar-refractivity contribution in [1.29, 1.82) is 0 Å². The molecule has 0 fully saturated rings. The molecule has 0 aromatic heterocycles. The molecule has 0 aliphatic carbocycles. The van der Waals surface area contributed by atoms with Crippen molar-refractivity contribution in [2.75, 3.05) is 19.8 Å². The smallest absolute Gasteiger partial charge is 0.318 e. The van der Waals surface area contributed by atoms with E-state index in [9.17, 15) is 9.59 Å². The Balaban J connectivity index is 1.92. The van der Waals surface area contributed by atoms with Crippen LogP contribution in [0.5, 0.6) is 11.5 Å². The van der Waals surface area contributed by atoms with E-state index in [-0.39, 0.29) is 0 Å². The summed E-state index contributed by atoms with van der Waals surface area (Å²) in [5.41, 5.74) is 8.26. The van der Waals surface area contributed by atoms with Gasteiger partial charge in [-0.05, 0) is 49.1 Å². The highest BCUT2D eigenvalue weighted by atomic mass is 16.5. The summed E-state index contributed by atoms with van der Waals surface area (Å²) in [6.45, 7) is 6.19. The molecule has 7 heteroatoms. The summed E-state index contributed by atoms with van der Waals surface area (Å²) in [6, 6.07) is 12.0. The first kappa shape index (κ1) is 20.7. The van der Waals surface area contributed by atoms with Crippen molar-refractivity contribution in [2.45, 2.75) is 32.9 Å². The number of nitrogens with zero attached hydrogens (tertiary/aromatic N) is 1. The average Bonchev–Trinajstić information content (AvgIpc) is 2.69. The number of nitrogens with one attached hydrogen (secondary N) is 1. The van der Waals surface area contributed by atoms with E-state index in [0.717, 1.165) is 23.3 Å². The summed E-state index contributed by atoms with van der Waals surface area (Å²) in [7, 11) is 0. The van der Waals surface area contributed by atoms with Crippen molar-refractivity contribution in [3.63, 3.8) is 0 Å². The fraction of sp³-hybridized carbons (Fsp3) is 0.364. The molecule has 1 atom stereocenters. The zero-order chi connectivity index (χ0) is 20.8. The highest BCUT2D eigenvalue weighted by molar-refractivity contribution is 5.96. The Morgan fingerprint density at radius 2 is 1.69 bits per heavy atom. The largest absolute Gasteiger partial charge is 0.490 e. The fourth-order valence-corrected chi connectivity index (χ4v) is 3.70. The Hall–Kier alpha value is -3.06. The van der Waals surface area contributed by atoms with E-state index in [2.05, 4.69) is 5.32 Å². The second kappa shape index (κ2) is 9.43. The van der Waals surface area contributed by atoms with E-state index in [4.69, 9.17) is 15.2 Å². The van der Waals surface area contributed by atoms with Crippen LogP contribution in [0.4, 0.5) is 4.79 Å². The van der Waals surface area contributed by atoms with Crippen LogP contribution in [0.2, 0.25) is 0 Å². The number of hydrogen-bond acceptors (Lipinski definition) is 5. The number of ether oxygens (including phenoxy) is 2. The Morgan fingerprint density at radius 3 is 2.28 bits per heavy atom. The predicted octanol–water partition coefficient (Wildman–Crippen LogP) is 2.78. The highest BCUT2D eigenvalue weighted by Gasteiger charge is 2.31. The van der Waals surface area contributed by atoms with Gasteiger partial charge in [-0.15, -0.1) is 0 Å². The van der Waals surface area contributed by atoms with Crippen molar-refractivity contribution in [1.82, 2.24) is 10.2 Å². The number of hydrogen-bond donors (Lipinski definition) is 2. The quantitative estimate of drug-likeness (QED) is 0.749. The summed E-state index contributed by atoms with van der Waals surface area (Å²) >= 11 is 0. The highest BCUT2D eigenvalue weighted by Crippen LogP contribution is 2.36. The maximum Gasteiger partial charge on any atom is 0.318 e. The summed E-state index contributed by atoms with van der Waals surface area (Å²) in [6.07, 6.45) is 0.759. The van der Waals surface area contributed by atoms with Gasteiger partial charge in [0.1, 0.15) is 6.04 Å². The van der Waals surface area contributed by atoms with Gasteiger partial charge in [0.25, 0.3) is 0 Å². The molecule has 0 spiro atoms. The van der Waals surface area contributed by atoms with Gasteiger partial charge in [0, 0.05) is 13.1 Å². The molecule has 1 heterocycles. The first-order chi connectivity index (χ1) is 14.0. The van der Waals surface area contributed by atoms with Gasteiger partial charge in [0.15, 0.2) is 11.5 Å². The molecule has 3 N–H and O–H groups in total. The molecule has 0 bridgehead atoms. The van der Waals surface area contributed by atoms with Gasteiger partial charge >= 0.3 is 6.03 Å². The van der Waals surface area contributed by atoms with Gasteiger partial charge in [-0.2, -0.15) is 0 Å². The van der Waals surface area contributed by atoms with Gasteiger partial charge in [0.2, 0.25) is 5.91 Å². The molecule has 3 rings (SSSR count). The lowest BCUT2D eigenvalue weighted by Crippen LogP contribution is -2.46. The number of amides is 3. The van der Waals surface area contributed by atoms with Crippen molar-refractivity contribution in [3.8, 4) is 11.5 Å². The van der Waals surface area contributed by atoms with Crippen molar-refractivity contribution in [2.24, 2.45) is 5.73 Å². The van der Waals surface area contributed by atoms with Gasteiger partial charge in [0.05, 0.1) is 13.2 Å². The third kappa shape index (κ3) is 4.86. The molecule has 1 aliphatic heterocycles. The lowest BCUT2D eigenvalue weighted by molar-refractivity contribution is -0.126. The van der Waals surface area contributed by atoms with Gasteiger partial charge in [-0.1, -0.05) is 30.3 Å². The summed E-state index contributed by atoms with van der Waals surface area (Å²) in [4.78, 5) is 26.1. The van der Waals surface area contributed by atoms with Crippen LogP contribution in [0.15, 0.2) is 42.5 Å². The lowest BCUT2D eigenvalue weighted by atomic mass is 9.95. The van der Waals surface area contributed by atoms with E-state index in [1.54, 1.807) is 0 Å². The molecule has 3 amide bonds. The Bertz CT molecular complexity index is 870. The average molecular weight is 397 g/mol. The number of fused-ring (bicyclic) bond motifs is 1. The second-order valence-corrected chi connectivity index (χ2v) is 6.82. The first-order valence-electron chi connectivity index (χ1n) is 9.84. The molecule has 0 saturated heterocycles. The molecular formula is C22H27N3O4. The summed E-state index contributed by atoms with van der Waals surface area (Å²) in [5, 5.41) is 2.23. The van der Waals surface area contributed by atoms with Gasteiger partial charge < -0.3 is 15.2 Å². The van der Waals surface area contributed by atoms with Crippen LogP contribution in [-0.4, -0.2) is 36.6 Å². The van der Waals surface area contributed by atoms with Crippen LogP contribution in [0.25, 0.3) is 0 Å². The molecule has 0 unspecified atom stereocenters. The van der Waals surface area contributed by atoms with Crippen molar-refractivity contribution in [3.05, 3.63) is 59.2 Å². The molecular weight excluding hydrogens is 370 g/mol. The van der Waals surface area contributed by atoms with E-state index in [0.29, 0.717) is 32.1 Å². The minimum atomic E-state index is -0.853. The molecule has 1 aliphatic rings. The molecule has 2 aromatic carbocycles. The zero-order valence-electron chi connectivity index (χ0n) is 16.8. The van der Waals surface area contributed by atoms with Crippen LogP contribution >= 0.6 is 0 Å². The number of nitrogens with two attached hydrogens (primary N) is 1. The third-order valence-corrected chi connectivity index (χ3v) is 4.88. The second-order valence-electron chi connectivity index (χ2n) is 6.82. The molecule has 7 nitrogen and oxygen atoms in total. The number of rotatable bonds is 7. The SMILES string of the molecule is CCOc1cc2c(cc1OCC)CN([C@H](C(=O)NC(N)=O)c1ccccc1)CC2. The number of urea groups is 1. The van der Waals surface area contributed by atoms with Crippen LogP contribution in [0.3, 0.4) is 0 Å². The topological polar surface area (TPSA) is 93.9 Å².